The summed E-state index contributed by atoms with van der Waals surface area (Å²) in [5.74, 6) is 0.418. The van der Waals surface area contributed by atoms with Crippen LogP contribution in [0.4, 0.5) is 0 Å². The summed E-state index contributed by atoms with van der Waals surface area (Å²) in [5.41, 5.74) is 6.36. The molecule has 0 aliphatic heterocycles. The van der Waals surface area contributed by atoms with Gasteiger partial charge < -0.3 is 9.30 Å². The molecule has 1 aliphatic rings. The van der Waals surface area contributed by atoms with Gasteiger partial charge in [-0.2, -0.15) is 0 Å². The molecule has 0 spiro atoms. The molecule has 0 N–H and O–H groups in total. The van der Waals surface area contributed by atoms with Crippen LogP contribution in [0.25, 0.3) is 16.9 Å². The second-order valence-corrected chi connectivity index (χ2v) is 7.49. The maximum absolute atomic E-state index is 12.8. The molecule has 1 saturated carbocycles. The van der Waals surface area contributed by atoms with Gasteiger partial charge in [-0.15, -0.1) is 6.58 Å². The van der Waals surface area contributed by atoms with E-state index in [2.05, 4.69) is 61.4 Å². The second-order valence-electron chi connectivity index (χ2n) is 7.49. The zero-order valence-corrected chi connectivity index (χ0v) is 16.0. The summed E-state index contributed by atoms with van der Waals surface area (Å²) in [6.45, 7) is 9.09. The van der Waals surface area contributed by atoms with Gasteiger partial charge in [-0.05, 0) is 38.3 Å². The molecule has 2 heterocycles. The number of imidazole rings is 1. The minimum Gasteiger partial charge on any atom is -0.333 e. The number of carbonyl (C=O) groups is 1. The highest BCUT2D eigenvalue weighted by molar-refractivity contribution is 5.81. The summed E-state index contributed by atoms with van der Waals surface area (Å²) in [6, 6.07) is 12.5. The Labute approximate surface area is 160 Å². The average molecular weight is 359 g/mol. The number of benzene rings is 1. The normalized spacial score (nSPS) is 13.7. The van der Waals surface area contributed by atoms with E-state index in [1.54, 1.807) is 6.08 Å². The topological polar surface area (TPSA) is 37.6 Å². The van der Waals surface area contributed by atoms with Crippen molar-refractivity contribution in [3.8, 4) is 11.3 Å². The molecule has 4 nitrogen and oxygen atoms in total. The number of hydrogen-bond acceptors (Lipinski definition) is 2. The number of aryl methyl sites for hydroxylation is 2. The predicted octanol–water partition coefficient (Wildman–Crippen LogP) is 4.54. The minimum absolute atomic E-state index is 0.189. The highest BCUT2D eigenvalue weighted by atomic mass is 16.2. The van der Waals surface area contributed by atoms with E-state index in [0.29, 0.717) is 13.1 Å². The van der Waals surface area contributed by atoms with Gasteiger partial charge in [0.05, 0.1) is 17.9 Å². The number of carbonyl (C=O) groups excluding carboxylic acids is 1. The predicted molar refractivity (Wildman–Crippen MR) is 108 cm³/mol. The third-order valence-corrected chi connectivity index (χ3v) is 5.12. The van der Waals surface area contributed by atoms with Crippen LogP contribution in [0, 0.1) is 19.8 Å². The molecule has 27 heavy (non-hydrogen) atoms. The molecule has 0 radical (unpaired) electrons. The Bertz CT molecular complexity index is 996. The zero-order valence-electron chi connectivity index (χ0n) is 16.0. The molecule has 1 amide bonds. The van der Waals surface area contributed by atoms with Crippen molar-refractivity contribution in [2.24, 2.45) is 5.92 Å². The Hall–Kier alpha value is -2.88. The molecule has 0 saturated heterocycles. The summed E-state index contributed by atoms with van der Waals surface area (Å²) in [7, 11) is 0. The Morgan fingerprint density at radius 2 is 1.89 bits per heavy atom. The molecule has 1 aromatic carbocycles. The Balaban J connectivity index is 1.81. The van der Waals surface area contributed by atoms with Crippen LogP contribution in [0.2, 0.25) is 0 Å². The van der Waals surface area contributed by atoms with Crippen LogP contribution in [0.5, 0.6) is 0 Å². The number of rotatable bonds is 6. The van der Waals surface area contributed by atoms with Gasteiger partial charge in [0, 0.05) is 24.2 Å². The van der Waals surface area contributed by atoms with Crippen LogP contribution < -0.4 is 0 Å². The number of amides is 1. The summed E-state index contributed by atoms with van der Waals surface area (Å²) < 4.78 is 2.13. The molecular formula is C23H25N3O. The summed E-state index contributed by atoms with van der Waals surface area (Å²) in [5, 5.41) is 0. The molecule has 138 valence electrons. The smallest absolute Gasteiger partial charge is 0.226 e. The van der Waals surface area contributed by atoms with E-state index >= 15 is 0 Å². The Morgan fingerprint density at radius 1 is 1.19 bits per heavy atom. The van der Waals surface area contributed by atoms with Crippen molar-refractivity contribution >= 4 is 11.6 Å². The SMILES string of the molecule is C=CCN(Cc1c(-c2ccc(C)cc2)nc2ccc(C)cn12)C(=O)C1CC1. The van der Waals surface area contributed by atoms with Crippen molar-refractivity contribution < 1.29 is 4.79 Å². The average Bonchev–Trinajstić information content (AvgIpc) is 3.45. The number of aromatic nitrogens is 2. The van der Waals surface area contributed by atoms with Crippen LogP contribution in [0.3, 0.4) is 0 Å². The first-order valence-electron chi connectivity index (χ1n) is 9.51. The molecule has 1 fully saturated rings. The molecule has 4 rings (SSSR count). The van der Waals surface area contributed by atoms with E-state index in [1.807, 2.05) is 11.0 Å². The highest BCUT2D eigenvalue weighted by Crippen LogP contribution is 2.33. The first kappa shape index (κ1) is 17.5. The summed E-state index contributed by atoms with van der Waals surface area (Å²) in [4.78, 5) is 19.6. The van der Waals surface area contributed by atoms with E-state index in [0.717, 1.165) is 35.4 Å². The van der Waals surface area contributed by atoms with Gasteiger partial charge in [-0.1, -0.05) is 42.0 Å². The van der Waals surface area contributed by atoms with Gasteiger partial charge in [0.2, 0.25) is 5.91 Å². The van der Waals surface area contributed by atoms with Crippen molar-refractivity contribution in [2.75, 3.05) is 6.54 Å². The zero-order chi connectivity index (χ0) is 19.0. The molecule has 2 aromatic heterocycles. The quantitative estimate of drug-likeness (QED) is 0.606. The van der Waals surface area contributed by atoms with Crippen molar-refractivity contribution in [3.63, 3.8) is 0 Å². The molecule has 4 heteroatoms. The van der Waals surface area contributed by atoms with E-state index < -0.39 is 0 Å². The lowest BCUT2D eigenvalue weighted by molar-refractivity contribution is -0.132. The fraction of sp³-hybridized carbons (Fsp3) is 0.304. The minimum atomic E-state index is 0.189. The standard InChI is InChI=1S/C23H25N3O/c1-4-13-25(23(27)19-10-11-19)15-20-22(18-8-5-16(2)6-9-18)24-21-12-7-17(3)14-26(20)21/h4-9,12,14,19H,1,10-11,13,15H2,2-3H3. The lowest BCUT2D eigenvalue weighted by Crippen LogP contribution is -2.32. The van der Waals surface area contributed by atoms with Gasteiger partial charge >= 0.3 is 0 Å². The molecule has 1 aliphatic carbocycles. The number of fused-ring (bicyclic) bond motifs is 1. The van der Waals surface area contributed by atoms with Gasteiger partial charge in [-0.3, -0.25) is 4.79 Å². The first-order valence-corrected chi connectivity index (χ1v) is 9.51. The van der Waals surface area contributed by atoms with Crippen LogP contribution >= 0.6 is 0 Å². The van der Waals surface area contributed by atoms with Crippen molar-refractivity contribution in [1.82, 2.24) is 14.3 Å². The molecule has 0 atom stereocenters. The van der Waals surface area contributed by atoms with Crippen molar-refractivity contribution in [1.29, 1.82) is 0 Å². The Kier molecular flexibility index (Phi) is 4.56. The first-order chi connectivity index (χ1) is 13.1. The molecule has 0 unspecified atom stereocenters. The van der Waals surface area contributed by atoms with E-state index in [9.17, 15) is 4.79 Å². The van der Waals surface area contributed by atoms with Gasteiger partial charge in [0.1, 0.15) is 5.65 Å². The van der Waals surface area contributed by atoms with E-state index in [4.69, 9.17) is 4.98 Å². The van der Waals surface area contributed by atoms with Crippen LogP contribution in [0.15, 0.2) is 55.3 Å². The highest BCUT2D eigenvalue weighted by Gasteiger charge is 2.33. The van der Waals surface area contributed by atoms with Crippen molar-refractivity contribution in [2.45, 2.75) is 33.2 Å². The third kappa shape index (κ3) is 3.52. The third-order valence-electron chi connectivity index (χ3n) is 5.12. The molecular weight excluding hydrogens is 334 g/mol. The maximum atomic E-state index is 12.8. The van der Waals surface area contributed by atoms with E-state index in [1.165, 1.54) is 11.1 Å². The fourth-order valence-corrected chi connectivity index (χ4v) is 3.45. The van der Waals surface area contributed by atoms with Gasteiger partial charge in [-0.25, -0.2) is 4.98 Å². The van der Waals surface area contributed by atoms with Crippen LogP contribution in [-0.4, -0.2) is 26.7 Å². The lowest BCUT2D eigenvalue weighted by Gasteiger charge is -2.22. The maximum Gasteiger partial charge on any atom is 0.226 e. The van der Waals surface area contributed by atoms with E-state index in [-0.39, 0.29) is 11.8 Å². The second kappa shape index (κ2) is 7.03. The molecule has 3 aromatic rings. The fourth-order valence-electron chi connectivity index (χ4n) is 3.45. The van der Waals surface area contributed by atoms with Gasteiger partial charge in [0.15, 0.2) is 0 Å². The summed E-state index contributed by atoms with van der Waals surface area (Å²) in [6.07, 6.45) is 5.91. The van der Waals surface area contributed by atoms with Crippen molar-refractivity contribution in [3.05, 3.63) is 72.1 Å². The largest absolute Gasteiger partial charge is 0.333 e. The van der Waals surface area contributed by atoms with Crippen LogP contribution in [-0.2, 0) is 11.3 Å². The van der Waals surface area contributed by atoms with Gasteiger partial charge in [0.25, 0.3) is 0 Å². The molecule has 0 bridgehead atoms. The monoisotopic (exact) mass is 359 g/mol. The number of hydrogen-bond donors (Lipinski definition) is 0. The van der Waals surface area contributed by atoms with Crippen LogP contribution in [0.1, 0.15) is 29.7 Å². The number of nitrogens with zero attached hydrogens (tertiary/aromatic N) is 3. The number of pyridine rings is 1. The lowest BCUT2D eigenvalue weighted by atomic mass is 10.1. The summed E-state index contributed by atoms with van der Waals surface area (Å²) >= 11 is 0. The Morgan fingerprint density at radius 3 is 2.56 bits per heavy atom.